The summed E-state index contributed by atoms with van der Waals surface area (Å²) in [5.41, 5.74) is 0.848. The summed E-state index contributed by atoms with van der Waals surface area (Å²) in [6, 6.07) is 9.55. The monoisotopic (exact) mass is 309 g/mol. The van der Waals surface area contributed by atoms with E-state index in [1.165, 1.54) is 21.6 Å². The molecule has 3 aromatic rings. The maximum atomic E-state index is 14.2. The highest BCUT2D eigenvalue weighted by Crippen LogP contribution is 2.35. The van der Waals surface area contributed by atoms with Gasteiger partial charge in [-0.2, -0.15) is 0 Å². The van der Waals surface area contributed by atoms with Gasteiger partial charge in [-0.1, -0.05) is 12.1 Å². The predicted octanol–water partition coefficient (Wildman–Crippen LogP) is 2.14. The Kier molecular flexibility index (Phi) is 2.66. The van der Waals surface area contributed by atoms with E-state index < -0.39 is 11.6 Å². The summed E-state index contributed by atoms with van der Waals surface area (Å²) in [6.45, 7) is 0. The summed E-state index contributed by atoms with van der Waals surface area (Å²) < 4.78 is 15.4. The fraction of sp³-hybridized carbons (Fsp3) is 0.118. The summed E-state index contributed by atoms with van der Waals surface area (Å²) in [6.07, 6.45) is 0. The third kappa shape index (κ3) is 1.69. The van der Waals surface area contributed by atoms with E-state index in [9.17, 15) is 14.0 Å². The molecule has 4 rings (SSSR count). The van der Waals surface area contributed by atoms with Crippen LogP contribution in [0.4, 0.5) is 10.1 Å². The molecule has 0 spiro atoms. The zero-order valence-electron chi connectivity index (χ0n) is 12.5. The minimum atomic E-state index is -0.507. The first kappa shape index (κ1) is 13.6. The Morgan fingerprint density at radius 3 is 2.57 bits per heavy atom. The number of nitrogens with zero attached hydrogens (tertiary/aromatic N) is 3. The van der Waals surface area contributed by atoms with Crippen LogP contribution < -0.4 is 10.5 Å². The Balaban J connectivity index is 2.17. The van der Waals surface area contributed by atoms with Gasteiger partial charge in [-0.3, -0.25) is 14.2 Å². The lowest BCUT2D eigenvalue weighted by Crippen LogP contribution is -2.21. The van der Waals surface area contributed by atoms with E-state index in [4.69, 9.17) is 0 Å². The molecule has 23 heavy (non-hydrogen) atoms. The van der Waals surface area contributed by atoms with Gasteiger partial charge < -0.3 is 4.90 Å². The van der Waals surface area contributed by atoms with Gasteiger partial charge in [0, 0.05) is 14.1 Å². The van der Waals surface area contributed by atoms with Crippen molar-refractivity contribution >= 4 is 22.4 Å². The Bertz CT molecular complexity index is 1050. The highest BCUT2D eigenvalue weighted by atomic mass is 19.1. The molecule has 0 bridgehead atoms. The standard InChI is InChI=1S/C17H12FN3O2/c1-20(2)14-10(18)7-8-12-13(14)15(22)16-19-11-6-4-3-5-9(11)17(23)21(12)16/h3-8H,1-2H3. The van der Waals surface area contributed by atoms with Crippen molar-refractivity contribution in [1.82, 2.24) is 9.55 Å². The van der Waals surface area contributed by atoms with Crippen molar-refractivity contribution in [1.29, 1.82) is 0 Å². The second-order valence-corrected chi connectivity index (χ2v) is 5.61. The summed E-state index contributed by atoms with van der Waals surface area (Å²) in [5, 5.41) is 0.424. The van der Waals surface area contributed by atoms with E-state index in [-0.39, 0.29) is 22.6 Å². The molecule has 114 valence electrons. The zero-order valence-corrected chi connectivity index (χ0v) is 12.5. The van der Waals surface area contributed by atoms with Crippen LogP contribution in [0, 0.1) is 5.82 Å². The zero-order chi connectivity index (χ0) is 16.3. The predicted molar refractivity (Wildman–Crippen MR) is 85.1 cm³/mol. The van der Waals surface area contributed by atoms with Crippen LogP contribution in [0.3, 0.4) is 0 Å². The number of hydrogen-bond donors (Lipinski definition) is 0. The first-order valence-electron chi connectivity index (χ1n) is 7.07. The average molecular weight is 309 g/mol. The van der Waals surface area contributed by atoms with Crippen molar-refractivity contribution in [3.63, 3.8) is 0 Å². The number of para-hydroxylation sites is 1. The molecule has 5 nitrogen and oxygen atoms in total. The van der Waals surface area contributed by atoms with Crippen molar-refractivity contribution in [2.45, 2.75) is 0 Å². The van der Waals surface area contributed by atoms with E-state index in [1.54, 1.807) is 38.4 Å². The molecule has 0 saturated carbocycles. The van der Waals surface area contributed by atoms with Crippen LogP contribution in [0.15, 0.2) is 41.2 Å². The van der Waals surface area contributed by atoms with Crippen molar-refractivity contribution in [2.24, 2.45) is 0 Å². The van der Waals surface area contributed by atoms with Crippen LogP contribution >= 0.6 is 0 Å². The summed E-state index contributed by atoms with van der Waals surface area (Å²) in [4.78, 5) is 31.3. The number of aromatic nitrogens is 2. The van der Waals surface area contributed by atoms with E-state index >= 15 is 0 Å². The molecule has 1 aliphatic rings. The largest absolute Gasteiger partial charge is 0.375 e. The lowest BCUT2D eigenvalue weighted by atomic mass is 10.1. The number of carbonyl (C=O) groups excluding carboxylic acids is 1. The third-order valence-electron chi connectivity index (χ3n) is 4.00. The highest BCUT2D eigenvalue weighted by molar-refractivity contribution is 6.16. The number of halogens is 1. The second kappa shape index (κ2) is 4.49. The Labute approximate surface area is 130 Å². The third-order valence-corrected chi connectivity index (χ3v) is 4.00. The lowest BCUT2D eigenvalue weighted by Gasteiger charge is -2.16. The van der Waals surface area contributed by atoms with Crippen molar-refractivity contribution in [3.8, 4) is 5.69 Å². The van der Waals surface area contributed by atoms with E-state index in [1.807, 2.05) is 0 Å². The maximum absolute atomic E-state index is 14.2. The number of fused-ring (bicyclic) bond motifs is 4. The van der Waals surface area contributed by atoms with Crippen LogP contribution in [0.1, 0.15) is 16.2 Å². The van der Waals surface area contributed by atoms with Crippen LogP contribution in [0.25, 0.3) is 16.6 Å². The van der Waals surface area contributed by atoms with Crippen molar-refractivity contribution < 1.29 is 9.18 Å². The van der Waals surface area contributed by atoms with Crippen LogP contribution in [-0.4, -0.2) is 29.4 Å². The first-order valence-corrected chi connectivity index (χ1v) is 7.07. The molecular weight excluding hydrogens is 297 g/mol. The summed E-state index contributed by atoms with van der Waals surface area (Å²) in [5.74, 6) is -0.920. The molecule has 2 heterocycles. The molecule has 0 fully saturated rings. The average Bonchev–Trinajstić information content (AvgIpc) is 2.80. The second-order valence-electron chi connectivity index (χ2n) is 5.61. The van der Waals surface area contributed by atoms with Gasteiger partial charge in [0.2, 0.25) is 5.78 Å². The molecule has 1 aromatic heterocycles. The maximum Gasteiger partial charge on any atom is 0.266 e. The van der Waals surface area contributed by atoms with Gasteiger partial charge in [-0.15, -0.1) is 0 Å². The lowest BCUT2D eigenvalue weighted by molar-refractivity contribution is 0.103. The number of carbonyl (C=O) groups is 1. The highest BCUT2D eigenvalue weighted by Gasteiger charge is 2.34. The van der Waals surface area contributed by atoms with Gasteiger partial charge in [0.05, 0.1) is 27.8 Å². The quantitative estimate of drug-likeness (QED) is 0.540. The molecule has 0 unspecified atom stereocenters. The van der Waals surface area contributed by atoms with Crippen molar-refractivity contribution in [2.75, 3.05) is 19.0 Å². The van der Waals surface area contributed by atoms with Crippen LogP contribution in [-0.2, 0) is 0 Å². The Morgan fingerprint density at radius 1 is 1.09 bits per heavy atom. The molecule has 2 aromatic carbocycles. The number of anilines is 1. The van der Waals surface area contributed by atoms with Crippen LogP contribution in [0.5, 0.6) is 0 Å². The van der Waals surface area contributed by atoms with Gasteiger partial charge in [-0.25, -0.2) is 9.37 Å². The van der Waals surface area contributed by atoms with Gasteiger partial charge in [0.1, 0.15) is 5.82 Å². The number of benzene rings is 2. The molecule has 0 N–H and O–H groups in total. The van der Waals surface area contributed by atoms with Gasteiger partial charge in [0.25, 0.3) is 5.56 Å². The molecule has 0 radical (unpaired) electrons. The van der Waals surface area contributed by atoms with Gasteiger partial charge >= 0.3 is 0 Å². The summed E-state index contributed by atoms with van der Waals surface area (Å²) >= 11 is 0. The van der Waals surface area contributed by atoms with Crippen molar-refractivity contribution in [3.05, 3.63) is 64.0 Å². The first-order chi connectivity index (χ1) is 11.0. The Morgan fingerprint density at radius 2 is 1.83 bits per heavy atom. The summed E-state index contributed by atoms with van der Waals surface area (Å²) in [7, 11) is 3.31. The molecule has 0 saturated heterocycles. The fourth-order valence-electron chi connectivity index (χ4n) is 3.02. The van der Waals surface area contributed by atoms with Crippen LogP contribution in [0.2, 0.25) is 0 Å². The fourth-order valence-corrected chi connectivity index (χ4v) is 3.02. The molecule has 1 aliphatic heterocycles. The SMILES string of the molecule is CN(C)c1c(F)ccc2c1C(=O)c1nc3ccccc3c(=O)n1-2. The van der Waals surface area contributed by atoms with E-state index in [2.05, 4.69) is 4.98 Å². The molecule has 6 heteroatoms. The minimum absolute atomic E-state index is 0.0254. The Hall–Kier alpha value is -3.02. The van der Waals surface area contributed by atoms with Gasteiger partial charge in [-0.05, 0) is 24.3 Å². The molecule has 0 aliphatic carbocycles. The normalized spacial score (nSPS) is 12.4. The van der Waals surface area contributed by atoms with E-state index in [0.29, 0.717) is 16.6 Å². The van der Waals surface area contributed by atoms with Gasteiger partial charge in [0.15, 0.2) is 5.82 Å². The minimum Gasteiger partial charge on any atom is -0.375 e. The number of hydrogen-bond acceptors (Lipinski definition) is 4. The van der Waals surface area contributed by atoms with E-state index in [0.717, 1.165) is 0 Å². The molecular formula is C17H12FN3O2. The topological polar surface area (TPSA) is 55.2 Å². The number of rotatable bonds is 1. The smallest absolute Gasteiger partial charge is 0.266 e. The molecule has 0 atom stereocenters. The number of ketones is 1. The molecule has 0 amide bonds.